The van der Waals surface area contributed by atoms with Crippen molar-refractivity contribution in [1.29, 1.82) is 0 Å². The SMILES string of the molecule is CCCNC(C)C(C)Cc1ccc(CC)s1. The number of aryl methyl sites for hydroxylation is 1. The van der Waals surface area contributed by atoms with Crippen LogP contribution in [0.4, 0.5) is 0 Å². The molecule has 92 valence electrons. The molecule has 0 spiro atoms. The van der Waals surface area contributed by atoms with Gasteiger partial charge in [-0.2, -0.15) is 0 Å². The van der Waals surface area contributed by atoms with E-state index in [1.54, 1.807) is 0 Å². The minimum absolute atomic E-state index is 0.618. The number of thiophene rings is 1. The average Bonchev–Trinajstić information content (AvgIpc) is 2.73. The molecule has 2 atom stereocenters. The molecule has 0 aliphatic rings. The summed E-state index contributed by atoms with van der Waals surface area (Å²) in [6.07, 6.45) is 3.60. The molecule has 1 aromatic rings. The van der Waals surface area contributed by atoms with Crippen LogP contribution in [0.1, 0.15) is 43.9 Å². The Labute approximate surface area is 104 Å². The van der Waals surface area contributed by atoms with Gasteiger partial charge in [0.15, 0.2) is 0 Å². The molecule has 0 saturated heterocycles. The smallest absolute Gasteiger partial charge is 0.00678 e. The van der Waals surface area contributed by atoms with Gasteiger partial charge in [-0.25, -0.2) is 0 Å². The van der Waals surface area contributed by atoms with Crippen molar-refractivity contribution in [1.82, 2.24) is 5.32 Å². The van der Waals surface area contributed by atoms with Gasteiger partial charge in [0.1, 0.15) is 0 Å². The van der Waals surface area contributed by atoms with Crippen LogP contribution in [0.15, 0.2) is 12.1 Å². The highest BCUT2D eigenvalue weighted by atomic mass is 32.1. The highest BCUT2D eigenvalue weighted by Gasteiger charge is 2.12. The van der Waals surface area contributed by atoms with Gasteiger partial charge in [0.05, 0.1) is 0 Å². The maximum absolute atomic E-state index is 3.58. The monoisotopic (exact) mass is 239 g/mol. The molecule has 0 bridgehead atoms. The molecular weight excluding hydrogens is 214 g/mol. The summed E-state index contributed by atoms with van der Waals surface area (Å²) >= 11 is 1.97. The largest absolute Gasteiger partial charge is 0.314 e. The van der Waals surface area contributed by atoms with Gasteiger partial charge in [-0.05, 0) is 50.8 Å². The highest BCUT2D eigenvalue weighted by molar-refractivity contribution is 7.11. The first-order valence-corrected chi connectivity index (χ1v) is 7.30. The highest BCUT2D eigenvalue weighted by Crippen LogP contribution is 2.21. The summed E-state index contributed by atoms with van der Waals surface area (Å²) in [5.74, 6) is 0.718. The predicted octanol–water partition coefficient (Wildman–Crippen LogP) is 3.88. The molecule has 0 aliphatic carbocycles. The van der Waals surface area contributed by atoms with E-state index in [1.165, 1.54) is 29.0 Å². The Morgan fingerprint density at radius 2 is 1.88 bits per heavy atom. The molecule has 2 heteroatoms. The first kappa shape index (κ1) is 13.7. The van der Waals surface area contributed by atoms with Crippen molar-refractivity contribution in [3.05, 3.63) is 21.9 Å². The Kier molecular flexibility index (Phi) is 6.07. The lowest BCUT2D eigenvalue weighted by molar-refractivity contribution is 0.401. The minimum atomic E-state index is 0.618. The van der Waals surface area contributed by atoms with Gasteiger partial charge < -0.3 is 5.32 Å². The fraction of sp³-hybridized carbons (Fsp3) is 0.714. The second kappa shape index (κ2) is 7.08. The molecule has 1 rings (SSSR count). The van der Waals surface area contributed by atoms with E-state index in [0.29, 0.717) is 6.04 Å². The van der Waals surface area contributed by atoms with Gasteiger partial charge in [-0.1, -0.05) is 20.8 Å². The molecule has 1 heterocycles. The molecule has 0 fully saturated rings. The maximum Gasteiger partial charge on any atom is 0.00678 e. The average molecular weight is 239 g/mol. The van der Waals surface area contributed by atoms with Crippen LogP contribution >= 0.6 is 11.3 Å². The van der Waals surface area contributed by atoms with Gasteiger partial charge in [0, 0.05) is 15.8 Å². The normalized spacial score (nSPS) is 15.0. The second-order valence-electron chi connectivity index (χ2n) is 4.65. The van der Waals surface area contributed by atoms with Crippen LogP contribution in [-0.2, 0) is 12.8 Å². The van der Waals surface area contributed by atoms with E-state index in [-0.39, 0.29) is 0 Å². The summed E-state index contributed by atoms with van der Waals surface area (Å²) in [5, 5.41) is 3.58. The zero-order valence-corrected chi connectivity index (χ0v) is 11.9. The fourth-order valence-corrected chi connectivity index (χ4v) is 2.89. The van der Waals surface area contributed by atoms with Crippen molar-refractivity contribution in [3.8, 4) is 0 Å². The predicted molar refractivity (Wildman–Crippen MR) is 74.3 cm³/mol. The van der Waals surface area contributed by atoms with Crippen molar-refractivity contribution < 1.29 is 0 Å². The molecule has 1 nitrogen and oxygen atoms in total. The Morgan fingerprint density at radius 3 is 2.44 bits per heavy atom. The summed E-state index contributed by atoms with van der Waals surface area (Å²) in [7, 11) is 0. The Balaban J connectivity index is 2.40. The van der Waals surface area contributed by atoms with E-state index in [0.717, 1.165) is 12.5 Å². The summed E-state index contributed by atoms with van der Waals surface area (Å²) in [5.41, 5.74) is 0. The molecule has 2 unspecified atom stereocenters. The lowest BCUT2D eigenvalue weighted by atomic mass is 9.99. The Hall–Kier alpha value is -0.340. The van der Waals surface area contributed by atoms with E-state index < -0.39 is 0 Å². The summed E-state index contributed by atoms with van der Waals surface area (Å²) < 4.78 is 0. The third-order valence-corrected chi connectivity index (χ3v) is 4.41. The molecule has 0 aliphatic heterocycles. The molecule has 16 heavy (non-hydrogen) atoms. The van der Waals surface area contributed by atoms with Crippen molar-refractivity contribution in [2.75, 3.05) is 6.54 Å². The van der Waals surface area contributed by atoms with Crippen molar-refractivity contribution in [2.24, 2.45) is 5.92 Å². The standard InChI is InChI=1S/C14H25NS/c1-5-9-15-12(4)11(3)10-14-8-7-13(6-2)16-14/h7-8,11-12,15H,5-6,9-10H2,1-4H3. The number of nitrogens with one attached hydrogen (secondary N) is 1. The van der Waals surface area contributed by atoms with E-state index >= 15 is 0 Å². The molecule has 1 aromatic heterocycles. The molecule has 1 N–H and O–H groups in total. The number of hydrogen-bond acceptors (Lipinski definition) is 2. The van der Waals surface area contributed by atoms with Crippen LogP contribution < -0.4 is 5.32 Å². The summed E-state index contributed by atoms with van der Waals surface area (Å²) in [4.78, 5) is 3.05. The van der Waals surface area contributed by atoms with Crippen LogP contribution in [-0.4, -0.2) is 12.6 Å². The van der Waals surface area contributed by atoms with Gasteiger partial charge in [0.25, 0.3) is 0 Å². The molecule has 0 amide bonds. The first-order valence-electron chi connectivity index (χ1n) is 6.48. The van der Waals surface area contributed by atoms with E-state index in [4.69, 9.17) is 0 Å². The quantitative estimate of drug-likeness (QED) is 0.761. The lowest BCUT2D eigenvalue weighted by Gasteiger charge is -2.20. The van der Waals surface area contributed by atoms with Crippen LogP contribution in [0, 0.1) is 5.92 Å². The summed E-state index contributed by atoms with van der Waals surface area (Å²) in [6, 6.07) is 5.19. The Bertz CT molecular complexity index is 293. The van der Waals surface area contributed by atoms with Crippen LogP contribution in [0.2, 0.25) is 0 Å². The van der Waals surface area contributed by atoms with Gasteiger partial charge in [-0.3, -0.25) is 0 Å². The van der Waals surface area contributed by atoms with Crippen molar-refractivity contribution >= 4 is 11.3 Å². The van der Waals surface area contributed by atoms with Crippen LogP contribution in [0.3, 0.4) is 0 Å². The van der Waals surface area contributed by atoms with E-state index in [9.17, 15) is 0 Å². The zero-order chi connectivity index (χ0) is 12.0. The summed E-state index contributed by atoms with van der Waals surface area (Å²) in [6.45, 7) is 10.2. The fourth-order valence-electron chi connectivity index (χ4n) is 1.79. The van der Waals surface area contributed by atoms with Crippen LogP contribution in [0.25, 0.3) is 0 Å². The molecular formula is C14H25NS. The Morgan fingerprint density at radius 1 is 1.19 bits per heavy atom. The third-order valence-electron chi connectivity index (χ3n) is 3.16. The lowest BCUT2D eigenvalue weighted by Crippen LogP contribution is -2.33. The van der Waals surface area contributed by atoms with E-state index in [1.807, 2.05) is 11.3 Å². The molecule has 0 saturated carbocycles. The zero-order valence-electron chi connectivity index (χ0n) is 11.0. The van der Waals surface area contributed by atoms with Crippen molar-refractivity contribution in [2.45, 2.75) is 53.0 Å². The number of hydrogen-bond donors (Lipinski definition) is 1. The van der Waals surface area contributed by atoms with Gasteiger partial charge >= 0.3 is 0 Å². The molecule has 0 aromatic carbocycles. The third kappa shape index (κ3) is 4.26. The van der Waals surface area contributed by atoms with Crippen molar-refractivity contribution in [3.63, 3.8) is 0 Å². The second-order valence-corrected chi connectivity index (χ2v) is 5.90. The number of rotatable bonds is 7. The topological polar surface area (TPSA) is 12.0 Å². The minimum Gasteiger partial charge on any atom is -0.314 e. The van der Waals surface area contributed by atoms with Gasteiger partial charge in [0.2, 0.25) is 0 Å². The molecule has 0 radical (unpaired) electrons. The first-order chi connectivity index (χ1) is 7.67. The van der Waals surface area contributed by atoms with E-state index in [2.05, 4.69) is 45.1 Å². The van der Waals surface area contributed by atoms with Crippen LogP contribution in [0.5, 0.6) is 0 Å². The van der Waals surface area contributed by atoms with Gasteiger partial charge in [-0.15, -0.1) is 11.3 Å². The maximum atomic E-state index is 3.58.